The highest BCUT2D eigenvalue weighted by Gasteiger charge is 2.32. The van der Waals surface area contributed by atoms with Crippen molar-refractivity contribution in [3.8, 4) is 22.6 Å². The van der Waals surface area contributed by atoms with Crippen LogP contribution in [0.4, 0.5) is 24.7 Å². The minimum absolute atomic E-state index is 0.00517. The third kappa shape index (κ3) is 5.58. The molecule has 3 aliphatic rings. The summed E-state index contributed by atoms with van der Waals surface area (Å²) in [4.78, 5) is 18.2. The Kier molecular flexibility index (Phi) is 7.83. The largest absolute Gasteiger partial charge is 0.378 e. The lowest BCUT2D eigenvalue weighted by Gasteiger charge is -2.35. The molecule has 49 heavy (non-hydrogen) atoms. The topological polar surface area (TPSA) is 94.6 Å². The highest BCUT2D eigenvalue weighted by Crippen LogP contribution is 2.40. The van der Waals surface area contributed by atoms with Gasteiger partial charge in [-0.25, -0.2) is 22.8 Å². The Labute approximate surface area is 279 Å². The zero-order valence-corrected chi connectivity index (χ0v) is 26.2. The van der Waals surface area contributed by atoms with Gasteiger partial charge in [0.15, 0.2) is 11.6 Å². The van der Waals surface area contributed by atoms with Gasteiger partial charge in [-0.15, -0.1) is 0 Å². The first kappa shape index (κ1) is 30.4. The Balaban J connectivity index is 1.27. The Morgan fingerprint density at radius 3 is 2.45 bits per heavy atom. The summed E-state index contributed by atoms with van der Waals surface area (Å²) >= 11 is 0. The van der Waals surface area contributed by atoms with Crippen LogP contribution in [0.2, 0.25) is 0 Å². The number of halogens is 3. The molecule has 0 spiro atoms. The van der Waals surface area contributed by atoms with Crippen molar-refractivity contribution in [2.75, 3.05) is 10.6 Å². The van der Waals surface area contributed by atoms with Gasteiger partial charge in [0.05, 0.1) is 33.9 Å². The van der Waals surface area contributed by atoms with Gasteiger partial charge in [0.25, 0.3) is 5.56 Å². The lowest BCUT2D eigenvalue weighted by atomic mass is 9.89. The number of benzene rings is 3. The van der Waals surface area contributed by atoms with Crippen molar-refractivity contribution in [3.05, 3.63) is 137 Å². The fourth-order valence-electron chi connectivity index (χ4n) is 6.84. The van der Waals surface area contributed by atoms with Crippen molar-refractivity contribution in [3.63, 3.8) is 0 Å². The van der Waals surface area contributed by atoms with Crippen molar-refractivity contribution in [2.24, 2.45) is 0 Å². The third-order valence-electron chi connectivity index (χ3n) is 9.22. The molecule has 0 amide bonds. The first-order valence-electron chi connectivity index (χ1n) is 16.2. The predicted octanol–water partition coefficient (Wildman–Crippen LogP) is 7.50. The van der Waals surface area contributed by atoms with Crippen LogP contribution in [0.15, 0.2) is 108 Å². The fourth-order valence-corrected chi connectivity index (χ4v) is 6.84. The van der Waals surface area contributed by atoms with Crippen molar-refractivity contribution in [2.45, 2.75) is 44.3 Å². The Morgan fingerprint density at radius 1 is 0.837 bits per heavy atom. The zero-order chi connectivity index (χ0) is 33.5. The second kappa shape index (κ2) is 12.6. The van der Waals surface area contributed by atoms with E-state index in [1.807, 2.05) is 41.1 Å². The number of hydrogen-bond acceptors (Lipinski definition) is 6. The summed E-state index contributed by atoms with van der Waals surface area (Å²) in [6, 6.07) is 20.9. The standard InChI is InChI=1S/C37H31F3N8O/c38-26-7-1-3-10-30(26)48-37(49)25-22-46(31-11-4-2-9-29(31)44-36-28(40)8-5-18-41-36)32-17-16-27(39)35(33(32)34(25)45-48)42-21-23-12-14-24(15-13-23)47-20-6-19-43-47/h1,3,5-8,10,12-20,22,29,31,42H,2,4,9,11,21H2,(H,41,44). The summed E-state index contributed by atoms with van der Waals surface area (Å²) in [6.45, 7) is 0.274. The summed E-state index contributed by atoms with van der Waals surface area (Å²) in [7, 11) is 0. The van der Waals surface area contributed by atoms with Crippen molar-refractivity contribution >= 4 is 22.4 Å². The van der Waals surface area contributed by atoms with Crippen LogP contribution < -0.4 is 16.2 Å². The molecule has 1 aliphatic carbocycles. The molecule has 246 valence electrons. The first-order valence-corrected chi connectivity index (χ1v) is 16.2. The summed E-state index contributed by atoms with van der Waals surface area (Å²) in [5.74, 6) is -1.45. The van der Waals surface area contributed by atoms with Crippen LogP contribution in [0.25, 0.3) is 33.5 Å². The molecule has 2 aliphatic heterocycles. The van der Waals surface area contributed by atoms with E-state index in [9.17, 15) is 9.18 Å². The average Bonchev–Trinajstić information content (AvgIpc) is 3.78. The molecule has 1 fully saturated rings. The number of nitrogens with one attached hydrogen (secondary N) is 2. The van der Waals surface area contributed by atoms with E-state index in [2.05, 4.69) is 25.8 Å². The zero-order valence-electron chi connectivity index (χ0n) is 26.2. The molecule has 8 rings (SSSR count). The van der Waals surface area contributed by atoms with E-state index in [0.717, 1.165) is 41.6 Å². The lowest BCUT2D eigenvalue weighted by Crippen LogP contribution is -2.35. The van der Waals surface area contributed by atoms with Crippen molar-refractivity contribution in [1.82, 2.24) is 29.1 Å². The summed E-state index contributed by atoms with van der Waals surface area (Å²) in [5, 5.41) is 15.8. The molecule has 9 nitrogen and oxygen atoms in total. The Morgan fingerprint density at radius 2 is 1.65 bits per heavy atom. The molecule has 2 aromatic heterocycles. The second-order valence-corrected chi connectivity index (χ2v) is 12.2. The SMILES string of the molecule is O=c1c2cn(C3CCCCC3Nc3ncccc3F)c3ccc(F)c(NCc4ccc(-n5cccn5)cc4)c3c-2nn1-c1ccccc1F. The molecule has 0 radical (unpaired) electrons. The number of anilines is 2. The average molecular weight is 661 g/mol. The number of hydrogen-bond donors (Lipinski definition) is 2. The summed E-state index contributed by atoms with van der Waals surface area (Å²) < 4.78 is 50.4. The van der Waals surface area contributed by atoms with E-state index in [1.165, 1.54) is 42.6 Å². The molecule has 5 aromatic rings. The number of fused-ring (bicyclic) bond motifs is 3. The third-order valence-corrected chi connectivity index (χ3v) is 9.22. The molecular formula is C37H31F3N8O. The van der Waals surface area contributed by atoms with Crippen LogP contribution in [-0.2, 0) is 6.54 Å². The first-order chi connectivity index (χ1) is 24.0. The van der Waals surface area contributed by atoms with Gasteiger partial charge in [-0.05, 0) is 73.0 Å². The number of nitrogens with zero attached hydrogens (tertiary/aromatic N) is 6. The number of pyridine rings is 2. The van der Waals surface area contributed by atoms with E-state index in [4.69, 9.17) is 0 Å². The molecule has 2 unspecified atom stereocenters. The highest BCUT2D eigenvalue weighted by molar-refractivity contribution is 6.03. The van der Waals surface area contributed by atoms with Gasteiger partial charge in [0.1, 0.15) is 23.0 Å². The van der Waals surface area contributed by atoms with E-state index in [0.29, 0.717) is 10.9 Å². The quantitative estimate of drug-likeness (QED) is 0.175. The van der Waals surface area contributed by atoms with Gasteiger partial charge in [0, 0.05) is 37.4 Å². The van der Waals surface area contributed by atoms with E-state index in [-0.39, 0.29) is 47.1 Å². The van der Waals surface area contributed by atoms with Crippen LogP contribution in [0.5, 0.6) is 0 Å². The molecule has 3 aromatic carbocycles. The van der Waals surface area contributed by atoms with E-state index >= 15 is 8.78 Å². The molecule has 1 saturated carbocycles. The van der Waals surface area contributed by atoms with E-state index < -0.39 is 23.0 Å². The van der Waals surface area contributed by atoms with Gasteiger partial charge in [-0.3, -0.25) is 4.79 Å². The lowest BCUT2D eigenvalue weighted by molar-refractivity contribution is 0.327. The smallest absolute Gasteiger partial charge is 0.282 e. The Hall–Kier alpha value is -5.91. The van der Waals surface area contributed by atoms with Crippen molar-refractivity contribution < 1.29 is 13.2 Å². The molecule has 0 saturated heterocycles. The van der Waals surface area contributed by atoms with Crippen LogP contribution >= 0.6 is 0 Å². The summed E-state index contributed by atoms with van der Waals surface area (Å²) in [6.07, 6.45) is 10.1. The number of rotatable bonds is 8. The second-order valence-electron chi connectivity index (χ2n) is 12.2. The molecule has 0 bridgehead atoms. The molecule has 4 heterocycles. The Bertz CT molecular complexity index is 2300. The molecular weight excluding hydrogens is 629 g/mol. The predicted molar refractivity (Wildman–Crippen MR) is 182 cm³/mol. The fraction of sp³-hybridized carbons (Fsp3) is 0.189. The molecule has 2 N–H and O–H groups in total. The molecule has 12 heteroatoms. The van der Waals surface area contributed by atoms with E-state index in [1.54, 1.807) is 29.2 Å². The van der Waals surface area contributed by atoms with Gasteiger partial charge >= 0.3 is 0 Å². The number of para-hydroxylation sites is 1. The van der Waals surface area contributed by atoms with Crippen molar-refractivity contribution in [1.29, 1.82) is 0 Å². The maximum atomic E-state index is 16.0. The summed E-state index contributed by atoms with van der Waals surface area (Å²) in [5.41, 5.74) is 2.49. The van der Waals surface area contributed by atoms with Gasteiger partial charge < -0.3 is 15.2 Å². The minimum atomic E-state index is -0.610. The van der Waals surface area contributed by atoms with Gasteiger partial charge in [-0.2, -0.15) is 14.9 Å². The van der Waals surface area contributed by atoms with Crippen LogP contribution in [0.3, 0.4) is 0 Å². The molecule has 2 atom stereocenters. The van der Waals surface area contributed by atoms with Crippen LogP contribution in [0, 0.1) is 17.5 Å². The highest BCUT2D eigenvalue weighted by atomic mass is 19.1. The van der Waals surface area contributed by atoms with Gasteiger partial charge in [0.2, 0.25) is 0 Å². The van der Waals surface area contributed by atoms with Crippen LogP contribution in [-0.4, -0.2) is 35.2 Å². The van der Waals surface area contributed by atoms with Crippen LogP contribution in [0.1, 0.15) is 37.3 Å². The maximum Gasteiger partial charge on any atom is 0.282 e. The maximum absolute atomic E-state index is 16.0. The minimum Gasteiger partial charge on any atom is -0.378 e. The van der Waals surface area contributed by atoms with Gasteiger partial charge in [-0.1, -0.05) is 37.1 Å². The normalized spacial score (nSPS) is 16.3. The number of aromatic nitrogens is 6. The monoisotopic (exact) mass is 660 g/mol.